The Hall–Kier alpha value is -3.90. The van der Waals surface area contributed by atoms with Crippen LogP contribution in [0.5, 0.6) is 0 Å². The lowest BCUT2D eigenvalue weighted by molar-refractivity contribution is 0.0677. The third-order valence-corrected chi connectivity index (χ3v) is 9.52. The molecule has 2 aliphatic rings. The van der Waals surface area contributed by atoms with E-state index in [0.29, 0.717) is 42.9 Å². The van der Waals surface area contributed by atoms with Gasteiger partial charge < -0.3 is 29.8 Å². The fourth-order valence-corrected chi connectivity index (χ4v) is 7.10. The van der Waals surface area contributed by atoms with E-state index >= 15 is 0 Å². The predicted octanol–water partition coefficient (Wildman–Crippen LogP) is 4.16. The van der Waals surface area contributed by atoms with E-state index in [1.165, 1.54) is 12.5 Å². The van der Waals surface area contributed by atoms with Gasteiger partial charge in [0.1, 0.15) is 11.3 Å². The number of likely N-dealkylation sites (tertiary alicyclic amines) is 1. The molecule has 0 spiro atoms. The van der Waals surface area contributed by atoms with Crippen molar-refractivity contribution in [3.63, 3.8) is 0 Å². The lowest BCUT2D eigenvalue weighted by Gasteiger charge is -2.29. The van der Waals surface area contributed by atoms with Gasteiger partial charge in [0.05, 0.1) is 30.5 Å². The third kappa shape index (κ3) is 6.61. The monoisotopic (exact) mass is 615 g/mol. The molecule has 2 saturated heterocycles. The van der Waals surface area contributed by atoms with Crippen molar-refractivity contribution < 1.29 is 23.8 Å². The van der Waals surface area contributed by atoms with E-state index in [4.69, 9.17) is 9.15 Å². The van der Waals surface area contributed by atoms with Crippen molar-refractivity contribution in [2.45, 2.75) is 62.9 Å². The third-order valence-electron chi connectivity index (χ3n) is 8.45. The lowest BCUT2D eigenvalue weighted by atomic mass is 9.94. The molecule has 4 aromatic rings. The van der Waals surface area contributed by atoms with E-state index in [9.17, 15) is 14.7 Å². The molecule has 2 amide bonds. The van der Waals surface area contributed by atoms with E-state index in [2.05, 4.69) is 20.6 Å². The van der Waals surface area contributed by atoms with Gasteiger partial charge in [-0.1, -0.05) is 30.3 Å². The van der Waals surface area contributed by atoms with Crippen LogP contribution in [0.25, 0.3) is 11.5 Å². The van der Waals surface area contributed by atoms with Gasteiger partial charge in [0.25, 0.3) is 11.8 Å². The molecule has 2 fully saturated rings. The van der Waals surface area contributed by atoms with Gasteiger partial charge in [-0.2, -0.15) is 0 Å². The second-order valence-corrected chi connectivity index (χ2v) is 12.4. The van der Waals surface area contributed by atoms with Gasteiger partial charge in [-0.3, -0.25) is 9.59 Å². The second kappa shape index (κ2) is 13.4. The van der Waals surface area contributed by atoms with Crippen LogP contribution in [0.15, 0.2) is 70.8 Å². The summed E-state index contributed by atoms with van der Waals surface area (Å²) in [5.41, 5.74) is 3.09. The van der Waals surface area contributed by atoms with Crippen LogP contribution in [0, 0.1) is 6.92 Å². The molecule has 2 aromatic carbocycles. The normalized spacial score (nSPS) is 21.3. The molecule has 0 unspecified atom stereocenters. The number of carbonyl (C=O) groups excluding carboxylic acids is 2. The average Bonchev–Trinajstić information content (AvgIpc) is 3.87. The number of aromatic nitrogens is 2. The molecular weight excluding hydrogens is 578 g/mol. The Kier molecular flexibility index (Phi) is 9.17. The van der Waals surface area contributed by atoms with Gasteiger partial charge in [-0.05, 0) is 56.4 Å². The number of nitrogens with zero attached hydrogens (tertiary/aromatic N) is 3. The zero-order valence-electron chi connectivity index (χ0n) is 24.8. The van der Waals surface area contributed by atoms with Gasteiger partial charge >= 0.3 is 0 Å². The smallest absolute Gasteiger partial charge is 0.254 e. The van der Waals surface area contributed by atoms with Gasteiger partial charge in [-0.15, -0.1) is 11.3 Å². The number of methoxy groups -OCH3 is 1. The molecule has 3 N–H and O–H groups in total. The summed E-state index contributed by atoms with van der Waals surface area (Å²) in [7, 11) is 1.66. The molecule has 44 heavy (non-hydrogen) atoms. The van der Waals surface area contributed by atoms with Crippen molar-refractivity contribution in [3.05, 3.63) is 93.8 Å². The number of aliphatic hydroxyl groups excluding tert-OH is 1. The van der Waals surface area contributed by atoms with Gasteiger partial charge in [0.2, 0.25) is 5.89 Å². The summed E-state index contributed by atoms with van der Waals surface area (Å²) in [6.45, 7) is 3.19. The first kappa shape index (κ1) is 30.1. The van der Waals surface area contributed by atoms with Gasteiger partial charge in [-0.25, -0.2) is 9.97 Å². The number of rotatable bonds is 10. The first-order valence-electron chi connectivity index (χ1n) is 15.0. The van der Waals surface area contributed by atoms with Crippen molar-refractivity contribution in [1.82, 2.24) is 25.5 Å². The predicted molar refractivity (Wildman–Crippen MR) is 166 cm³/mol. The molecule has 5 atom stereocenters. The number of carbonyl (C=O) groups is 2. The molecule has 0 bridgehead atoms. The molecule has 0 saturated carbocycles. The van der Waals surface area contributed by atoms with E-state index in [0.717, 1.165) is 29.1 Å². The summed E-state index contributed by atoms with van der Waals surface area (Å²) < 4.78 is 11.0. The average molecular weight is 616 g/mol. The van der Waals surface area contributed by atoms with Crippen molar-refractivity contribution >= 4 is 23.2 Å². The molecule has 0 radical (unpaired) electrons. The molecule has 4 heterocycles. The molecule has 6 rings (SSSR count). The first-order valence-corrected chi connectivity index (χ1v) is 15.8. The van der Waals surface area contributed by atoms with Crippen LogP contribution < -0.4 is 10.6 Å². The van der Waals surface area contributed by atoms with Crippen LogP contribution in [0.3, 0.4) is 0 Å². The van der Waals surface area contributed by atoms with E-state index in [1.807, 2.05) is 47.5 Å². The molecule has 230 valence electrons. The molecule has 2 aromatic heterocycles. The minimum Gasteiger partial charge on any atom is -0.445 e. The maximum atomic E-state index is 14.0. The molecular formula is C33H37N5O5S. The topological polar surface area (TPSA) is 130 Å². The lowest BCUT2D eigenvalue weighted by Crippen LogP contribution is -2.52. The summed E-state index contributed by atoms with van der Waals surface area (Å²) >= 11 is 1.56. The number of benzene rings is 2. The number of aryl methyl sites for hydroxylation is 1. The minimum atomic E-state index is -0.873. The van der Waals surface area contributed by atoms with Crippen LogP contribution >= 0.6 is 11.3 Å². The number of hydrogen-bond acceptors (Lipinski definition) is 9. The van der Waals surface area contributed by atoms with Crippen molar-refractivity contribution in [1.29, 1.82) is 0 Å². The van der Waals surface area contributed by atoms with Crippen LogP contribution in [0.4, 0.5) is 0 Å². The maximum Gasteiger partial charge on any atom is 0.254 e. The molecule has 11 heteroatoms. The Labute approximate surface area is 260 Å². The summed E-state index contributed by atoms with van der Waals surface area (Å²) in [5, 5.41) is 20.8. The fraction of sp³-hybridized carbons (Fsp3) is 0.394. The molecule has 0 aliphatic carbocycles. The number of nitrogens with one attached hydrogen (secondary N) is 2. The number of aliphatic hydroxyl groups is 1. The zero-order valence-corrected chi connectivity index (χ0v) is 25.6. The molecule has 2 aliphatic heterocycles. The Morgan fingerprint density at radius 1 is 1.23 bits per heavy atom. The van der Waals surface area contributed by atoms with Crippen molar-refractivity contribution in [2.75, 3.05) is 20.2 Å². The highest BCUT2D eigenvalue weighted by Crippen LogP contribution is 2.35. The number of hydrogen-bond donors (Lipinski definition) is 3. The van der Waals surface area contributed by atoms with Gasteiger partial charge in [0.15, 0.2) is 0 Å². The SMILES string of the molecule is CO[C@H]1CN[C@@H]([C@@H](O)[C@H](Cc2ccccc2)NC(=O)c2cc(C(=O)N3CCC[C@@H]3c3nc(C)cs3)cc(-c3ncco3)c2)C1. The number of thiazole rings is 1. The van der Waals surface area contributed by atoms with Crippen LogP contribution in [-0.4, -0.2) is 76.3 Å². The Morgan fingerprint density at radius 3 is 2.75 bits per heavy atom. The Morgan fingerprint density at radius 2 is 2.05 bits per heavy atom. The van der Waals surface area contributed by atoms with Crippen LogP contribution in [0.2, 0.25) is 0 Å². The summed E-state index contributed by atoms with van der Waals surface area (Å²) in [5.74, 6) is -0.268. The number of oxazole rings is 1. The maximum absolute atomic E-state index is 14.0. The first-order chi connectivity index (χ1) is 21.4. The highest BCUT2D eigenvalue weighted by atomic mass is 32.1. The standard InChI is InChI=1S/C33H37N5O5S/c1-20-19-44-32(36-20)28-9-6-11-38(28)33(41)24-15-22(14-23(16-24)31-34-10-12-43-31)30(40)37-27(13-21-7-4-3-5-8-21)29(39)26-17-25(42-2)18-35-26/h3-5,7-8,10,12,14-16,19,25-29,35,39H,6,9,11,13,17-18H2,1-2H3,(H,37,40)/t25-,26-,27+,28-,29-/m1/s1. The Balaban J connectivity index is 1.29. The van der Waals surface area contributed by atoms with Crippen molar-refractivity contribution in [2.24, 2.45) is 0 Å². The fourth-order valence-electron chi connectivity index (χ4n) is 6.16. The van der Waals surface area contributed by atoms with E-state index in [-0.39, 0.29) is 29.7 Å². The zero-order chi connectivity index (χ0) is 30.6. The van der Waals surface area contributed by atoms with E-state index in [1.54, 1.807) is 36.6 Å². The van der Waals surface area contributed by atoms with Gasteiger partial charge in [0, 0.05) is 54.0 Å². The van der Waals surface area contributed by atoms with Crippen LogP contribution in [0.1, 0.15) is 62.3 Å². The summed E-state index contributed by atoms with van der Waals surface area (Å²) in [6.07, 6.45) is 4.88. The quantitative estimate of drug-likeness (QED) is 0.243. The highest BCUT2D eigenvalue weighted by Gasteiger charge is 2.36. The summed E-state index contributed by atoms with van der Waals surface area (Å²) in [4.78, 5) is 38.7. The highest BCUT2D eigenvalue weighted by molar-refractivity contribution is 7.09. The largest absolute Gasteiger partial charge is 0.445 e. The van der Waals surface area contributed by atoms with E-state index < -0.39 is 18.1 Å². The minimum absolute atomic E-state index is 0.00326. The molecule has 10 nitrogen and oxygen atoms in total. The Bertz CT molecular complexity index is 1580. The number of amides is 2. The summed E-state index contributed by atoms with van der Waals surface area (Å²) in [6, 6.07) is 13.8. The van der Waals surface area contributed by atoms with Crippen molar-refractivity contribution in [3.8, 4) is 11.5 Å². The number of ether oxygens (including phenoxy) is 1. The second-order valence-electron chi connectivity index (χ2n) is 11.5. The van der Waals surface area contributed by atoms with Crippen LogP contribution in [-0.2, 0) is 11.2 Å².